The average Bonchev–Trinajstić information content (AvgIpc) is 2.44. The molecule has 0 aromatic heterocycles. The molecule has 4 nitrogen and oxygen atoms in total. The van der Waals surface area contributed by atoms with Gasteiger partial charge in [-0.2, -0.15) is 0 Å². The Labute approximate surface area is 133 Å². The van der Waals surface area contributed by atoms with Gasteiger partial charge in [0.05, 0.1) is 5.92 Å². The normalized spacial score (nSPS) is 19.0. The highest BCUT2D eigenvalue weighted by Crippen LogP contribution is 2.20. The smallest absolute Gasteiger partial charge is 0.308 e. The molecule has 0 spiro atoms. The van der Waals surface area contributed by atoms with Crippen LogP contribution in [0.25, 0.3) is 6.08 Å². The molecule has 1 amide bonds. The molecule has 112 valence electrons. The molecule has 0 radical (unpaired) electrons. The van der Waals surface area contributed by atoms with E-state index in [1.807, 2.05) is 0 Å². The molecular formula is C15H15Cl2NO3. The van der Waals surface area contributed by atoms with E-state index in [4.69, 9.17) is 28.3 Å². The second-order valence-electron chi connectivity index (χ2n) is 5.00. The zero-order valence-corrected chi connectivity index (χ0v) is 12.8. The molecule has 1 fully saturated rings. The molecule has 1 N–H and O–H groups in total. The number of likely N-dealkylation sites (tertiary alicyclic amines) is 1. The van der Waals surface area contributed by atoms with Crippen LogP contribution in [-0.2, 0) is 9.59 Å². The Hall–Kier alpha value is -1.52. The second-order valence-corrected chi connectivity index (χ2v) is 5.87. The molecule has 1 saturated heterocycles. The lowest BCUT2D eigenvalue weighted by molar-refractivity contribution is -0.144. The van der Waals surface area contributed by atoms with Crippen molar-refractivity contribution in [3.63, 3.8) is 0 Å². The summed E-state index contributed by atoms with van der Waals surface area (Å²) in [7, 11) is 0. The Morgan fingerprint density at radius 2 is 1.90 bits per heavy atom. The summed E-state index contributed by atoms with van der Waals surface area (Å²) >= 11 is 11.8. The predicted molar refractivity (Wildman–Crippen MR) is 82.4 cm³/mol. The molecule has 1 atom stereocenters. The minimum Gasteiger partial charge on any atom is -0.481 e. The predicted octanol–water partition coefficient (Wildman–Crippen LogP) is 3.33. The van der Waals surface area contributed by atoms with E-state index in [1.165, 1.54) is 6.08 Å². The maximum atomic E-state index is 12.1. The monoisotopic (exact) mass is 327 g/mol. The molecule has 1 aliphatic rings. The van der Waals surface area contributed by atoms with Crippen LogP contribution in [0.5, 0.6) is 0 Å². The van der Waals surface area contributed by atoms with E-state index in [-0.39, 0.29) is 12.5 Å². The summed E-state index contributed by atoms with van der Waals surface area (Å²) in [6, 6.07) is 5.02. The number of halogens is 2. The zero-order valence-electron chi connectivity index (χ0n) is 11.3. The molecule has 6 heteroatoms. The fourth-order valence-corrected chi connectivity index (χ4v) is 2.87. The summed E-state index contributed by atoms with van der Waals surface area (Å²) in [6.07, 6.45) is 4.38. The van der Waals surface area contributed by atoms with Crippen molar-refractivity contribution in [2.24, 2.45) is 5.92 Å². The van der Waals surface area contributed by atoms with E-state index in [1.54, 1.807) is 29.2 Å². The van der Waals surface area contributed by atoms with Gasteiger partial charge in [-0.15, -0.1) is 0 Å². The van der Waals surface area contributed by atoms with Gasteiger partial charge in [0.1, 0.15) is 0 Å². The number of hydrogen-bond acceptors (Lipinski definition) is 2. The van der Waals surface area contributed by atoms with Crippen molar-refractivity contribution in [2.75, 3.05) is 13.1 Å². The third kappa shape index (κ3) is 4.48. The van der Waals surface area contributed by atoms with Crippen LogP contribution >= 0.6 is 23.2 Å². The largest absolute Gasteiger partial charge is 0.481 e. The Bertz CT molecular complexity index is 566. The summed E-state index contributed by atoms with van der Waals surface area (Å²) in [5.41, 5.74) is 0.729. The number of piperidine rings is 1. The van der Waals surface area contributed by atoms with E-state index < -0.39 is 11.9 Å². The van der Waals surface area contributed by atoms with Crippen LogP contribution in [0.3, 0.4) is 0 Å². The number of carboxylic acid groups (broad SMARTS) is 1. The van der Waals surface area contributed by atoms with E-state index in [2.05, 4.69) is 0 Å². The molecule has 21 heavy (non-hydrogen) atoms. The van der Waals surface area contributed by atoms with Crippen molar-refractivity contribution in [1.29, 1.82) is 0 Å². The van der Waals surface area contributed by atoms with Gasteiger partial charge in [0.2, 0.25) is 5.91 Å². The number of nitrogens with zero attached hydrogens (tertiary/aromatic N) is 1. The van der Waals surface area contributed by atoms with E-state index >= 15 is 0 Å². The van der Waals surface area contributed by atoms with Crippen molar-refractivity contribution in [2.45, 2.75) is 12.8 Å². The summed E-state index contributed by atoms with van der Waals surface area (Å²) in [5, 5.41) is 10.0. The van der Waals surface area contributed by atoms with Gasteiger partial charge in [-0.25, -0.2) is 0 Å². The second kappa shape index (κ2) is 6.96. The third-order valence-electron chi connectivity index (χ3n) is 3.39. The molecule has 1 heterocycles. The molecule has 0 bridgehead atoms. The van der Waals surface area contributed by atoms with Crippen LogP contribution in [0.15, 0.2) is 24.3 Å². The Balaban J connectivity index is 2.03. The van der Waals surface area contributed by atoms with Crippen LogP contribution in [0.1, 0.15) is 18.4 Å². The van der Waals surface area contributed by atoms with E-state index in [9.17, 15) is 9.59 Å². The third-order valence-corrected chi connectivity index (χ3v) is 3.82. The van der Waals surface area contributed by atoms with Crippen LogP contribution in [0.2, 0.25) is 10.0 Å². The molecule has 0 aliphatic carbocycles. The number of rotatable bonds is 3. The summed E-state index contributed by atoms with van der Waals surface area (Å²) in [6.45, 7) is 0.845. The first-order chi connectivity index (χ1) is 9.95. The maximum Gasteiger partial charge on any atom is 0.308 e. The number of carboxylic acids is 1. The summed E-state index contributed by atoms with van der Waals surface area (Å²) in [4.78, 5) is 24.6. The molecule has 0 unspecified atom stereocenters. The fraction of sp³-hybridized carbons (Fsp3) is 0.333. The summed E-state index contributed by atoms with van der Waals surface area (Å²) < 4.78 is 0. The zero-order chi connectivity index (χ0) is 15.4. The number of carbonyl (C=O) groups excluding carboxylic acids is 1. The van der Waals surface area contributed by atoms with Crippen molar-refractivity contribution in [3.05, 3.63) is 39.9 Å². The molecular weight excluding hydrogens is 313 g/mol. The van der Waals surface area contributed by atoms with E-state index in [0.717, 1.165) is 5.56 Å². The highest BCUT2D eigenvalue weighted by Gasteiger charge is 2.27. The molecule has 1 aromatic carbocycles. The quantitative estimate of drug-likeness (QED) is 0.866. The molecule has 1 aliphatic heterocycles. The van der Waals surface area contributed by atoms with Crippen LogP contribution < -0.4 is 0 Å². The van der Waals surface area contributed by atoms with Gasteiger partial charge in [-0.05, 0) is 42.7 Å². The van der Waals surface area contributed by atoms with Crippen LogP contribution in [0.4, 0.5) is 0 Å². The maximum absolute atomic E-state index is 12.1. The van der Waals surface area contributed by atoms with Crippen molar-refractivity contribution >= 4 is 41.2 Å². The highest BCUT2D eigenvalue weighted by molar-refractivity contribution is 6.34. The molecule has 0 saturated carbocycles. The Morgan fingerprint density at radius 1 is 1.24 bits per heavy atom. The Kier molecular flexibility index (Phi) is 5.26. The van der Waals surface area contributed by atoms with Crippen molar-refractivity contribution in [1.82, 2.24) is 4.90 Å². The molecule has 2 rings (SSSR count). The number of carbonyl (C=O) groups is 2. The highest BCUT2D eigenvalue weighted by atomic mass is 35.5. The SMILES string of the molecule is O=C(O)[C@H]1CCCN(C(=O)/C=C/c2cc(Cl)cc(Cl)c2)C1. The first-order valence-corrected chi connectivity index (χ1v) is 7.37. The first kappa shape index (κ1) is 15.9. The van der Waals surface area contributed by atoms with Gasteiger partial charge in [-0.1, -0.05) is 23.2 Å². The lowest BCUT2D eigenvalue weighted by Gasteiger charge is -2.29. The number of amides is 1. The fourth-order valence-electron chi connectivity index (χ4n) is 2.32. The van der Waals surface area contributed by atoms with Gasteiger partial charge in [0.15, 0.2) is 0 Å². The Morgan fingerprint density at radius 3 is 2.52 bits per heavy atom. The van der Waals surface area contributed by atoms with Gasteiger partial charge < -0.3 is 10.0 Å². The standard InChI is InChI=1S/C15H15Cl2NO3/c16-12-6-10(7-13(17)8-12)3-4-14(19)18-5-1-2-11(9-18)15(20)21/h3-4,6-8,11H,1-2,5,9H2,(H,20,21)/b4-3+/t11-/m0/s1. The van der Waals surface area contributed by atoms with Gasteiger partial charge >= 0.3 is 5.97 Å². The van der Waals surface area contributed by atoms with Gasteiger partial charge in [-0.3, -0.25) is 9.59 Å². The molecule has 1 aromatic rings. The van der Waals surface area contributed by atoms with Gasteiger partial charge in [0, 0.05) is 29.2 Å². The lowest BCUT2D eigenvalue weighted by Crippen LogP contribution is -2.41. The number of benzene rings is 1. The van der Waals surface area contributed by atoms with E-state index in [0.29, 0.717) is 29.4 Å². The number of aliphatic carboxylic acids is 1. The average molecular weight is 328 g/mol. The topological polar surface area (TPSA) is 57.6 Å². The minimum absolute atomic E-state index is 0.197. The van der Waals surface area contributed by atoms with Crippen molar-refractivity contribution < 1.29 is 14.7 Å². The van der Waals surface area contributed by atoms with Crippen molar-refractivity contribution in [3.8, 4) is 0 Å². The van der Waals surface area contributed by atoms with Gasteiger partial charge in [0.25, 0.3) is 0 Å². The van der Waals surface area contributed by atoms with Crippen LogP contribution in [0, 0.1) is 5.92 Å². The first-order valence-electron chi connectivity index (χ1n) is 6.61. The summed E-state index contributed by atoms with van der Waals surface area (Å²) in [5.74, 6) is -1.52. The minimum atomic E-state index is -0.849. The number of hydrogen-bond donors (Lipinski definition) is 1. The lowest BCUT2D eigenvalue weighted by atomic mass is 9.98. The van der Waals surface area contributed by atoms with Crippen LogP contribution in [-0.4, -0.2) is 35.0 Å².